The summed E-state index contributed by atoms with van der Waals surface area (Å²) in [5, 5.41) is 18.8. The monoisotopic (exact) mass is 294 g/mol. The molecule has 0 radical (unpaired) electrons. The van der Waals surface area contributed by atoms with Crippen molar-refractivity contribution in [2.24, 2.45) is 0 Å². The highest BCUT2D eigenvalue weighted by molar-refractivity contribution is 6.32. The number of halogens is 1. The molecule has 5 nitrogen and oxygen atoms in total. The number of nitrogens with zero attached hydrogens (tertiary/aromatic N) is 2. The number of carboxylic acids is 1. The van der Waals surface area contributed by atoms with Crippen LogP contribution in [-0.4, -0.2) is 25.7 Å². The fourth-order valence-electron chi connectivity index (χ4n) is 1.98. The number of imidazole rings is 1. The Morgan fingerprint density at radius 2 is 2.20 bits per heavy atom. The summed E-state index contributed by atoms with van der Waals surface area (Å²) in [7, 11) is 0. The molecular weight excluding hydrogens is 280 g/mol. The van der Waals surface area contributed by atoms with Gasteiger partial charge in [-0.1, -0.05) is 23.7 Å². The Morgan fingerprint density at radius 3 is 2.95 bits per heavy atom. The van der Waals surface area contributed by atoms with Gasteiger partial charge in [-0.05, 0) is 12.5 Å². The van der Waals surface area contributed by atoms with Gasteiger partial charge in [-0.2, -0.15) is 0 Å². The average Bonchev–Trinajstić information content (AvgIpc) is 2.82. The van der Waals surface area contributed by atoms with E-state index in [0.29, 0.717) is 30.0 Å². The molecule has 0 saturated carbocycles. The summed E-state index contributed by atoms with van der Waals surface area (Å²) in [6.45, 7) is 0.586. The molecule has 0 saturated heterocycles. The number of aryl methyl sites for hydroxylation is 1. The van der Waals surface area contributed by atoms with Crippen LogP contribution in [0.2, 0.25) is 5.02 Å². The van der Waals surface area contributed by atoms with Gasteiger partial charge < -0.3 is 14.8 Å². The molecule has 1 heterocycles. The van der Waals surface area contributed by atoms with Crippen molar-refractivity contribution in [1.29, 1.82) is 0 Å². The molecule has 2 rings (SSSR count). The van der Waals surface area contributed by atoms with Crippen LogP contribution in [0.4, 0.5) is 0 Å². The van der Waals surface area contributed by atoms with E-state index in [-0.39, 0.29) is 12.2 Å². The fraction of sp³-hybridized carbons (Fsp3) is 0.286. The summed E-state index contributed by atoms with van der Waals surface area (Å²) < 4.78 is 1.89. The van der Waals surface area contributed by atoms with Crippen molar-refractivity contribution in [3.63, 3.8) is 0 Å². The van der Waals surface area contributed by atoms with Gasteiger partial charge in [-0.25, -0.2) is 4.98 Å². The fourth-order valence-corrected chi connectivity index (χ4v) is 2.18. The third kappa shape index (κ3) is 3.51. The maximum absolute atomic E-state index is 10.5. The maximum atomic E-state index is 10.5. The second kappa shape index (κ2) is 6.43. The first kappa shape index (κ1) is 14.4. The predicted octanol–water partition coefficient (Wildman–Crippen LogP) is 2.70. The largest absolute Gasteiger partial charge is 0.506 e. The number of rotatable bonds is 6. The number of benzene rings is 1. The summed E-state index contributed by atoms with van der Waals surface area (Å²) in [6, 6.07) is 5.19. The molecule has 0 fully saturated rings. The highest BCUT2D eigenvalue weighted by Crippen LogP contribution is 2.28. The van der Waals surface area contributed by atoms with Gasteiger partial charge in [0.1, 0.15) is 11.6 Å². The number of phenols is 1. The second-order valence-electron chi connectivity index (χ2n) is 4.46. The lowest BCUT2D eigenvalue weighted by atomic mass is 10.1. The van der Waals surface area contributed by atoms with Crippen molar-refractivity contribution in [1.82, 2.24) is 9.55 Å². The lowest BCUT2D eigenvalue weighted by molar-refractivity contribution is -0.137. The molecule has 0 atom stereocenters. The van der Waals surface area contributed by atoms with Crippen LogP contribution in [-0.2, 0) is 17.8 Å². The molecule has 106 valence electrons. The van der Waals surface area contributed by atoms with Crippen molar-refractivity contribution in [3.8, 4) is 5.75 Å². The summed E-state index contributed by atoms with van der Waals surface area (Å²) >= 11 is 5.87. The highest BCUT2D eigenvalue weighted by Gasteiger charge is 2.10. The van der Waals surface area contributed by atoms with Crippen molar-refractivity contribution in [2.75, 3.05) is 0 Å². The van der Waals surface area contributed by atoms with E-state index in [9.17, 15) is 9.90 Å². The number of carbonyl (C=O) groups is 1. The summed E-state index contributed by atoms with van der Waals surface area (Å²) in [4.78, 5) is 14.8. The Balaban J connectivity index is 2.08. The van der Waals surface area contributed by atoms with Crippen molar-refractivity contribution in [3.05, 3.63) is 47.0 Å². The predicted molar refractivity (Wildman–Crippen MR) is 75.0 cm³/mol. The maximum Gasteiger partial charge on any atom is 0.303 e. The summed E-state index contributed by atoms with van der Waals surface area (Å²) in [5.41, 5.74) is 0.697. The number of hydrogen-bond acceptors (Lipinski definition) is 3. The Hall–Kier alpha value is -2.01. The SMILES string of the molecule is O=C(O)CCCn1ccnc1Cc1cccc(Cl)c1O. The lowest BCUT2D eigenvalue weighted by Gasteiger charge is -2.09. The third-order valence-corrected chi connectivity index (χ3v) is 3.32. The summed E-state index contributed by atoms with van der Waals surface area (Å²) in [5.74, 6) is 0.0290. The van der Waals surface area contributed by atoms with E-state index in [1.165, 1.54) is 0 Å². The topological polar surface area (TPSA) is 75.3 Å². The van der Waals surface area contributed by atoms with Crippen LogP contribution in [0.25, 0.3) is 0 Å². The number of para-hydroxylation sites is 1. The zero-order chi connectivity index (χ0) is 14.5. The van der Waals surface area contributed by atoms with E-state index in [2.05, 4.69) is 4.98 Å². The van der Waals surface area contributed by atoms with Crippen LogP contribution in [0, 0.1) is 0 Å². The molecule has 1 aromatic heterocycles. The lowest BCUT2D eigenvalue weighted by Crippen LogP contribution is -2.06. The molecule has 20 heavy (non-hydrogen) atoms. The van der Waals surface area contributed by atoms with Crippen LogP contribution in [0.3, 0.4) is 0 Å². The van der Waals surface area contributed by atoms with Gasteiger partial charge in [-0.15, -0.1) is 0 Å². The molecule has 0 aliphatic heterocycles. The van der Waals surface area contributed by atoms with Gasteiger partial charge >= 0.3 is 5.97 Å². The quantitative estimate of drug-likeness (QED) is 0.859. The molecule has 0 unspecified atom stereocenters. The average molecular weight is 295 g/mol. The number of aromatic hydroxyl groups is 1. The molecule has 1 aromatic carbocycles. The minimum Gasteiger partial charge on any atom is -0.506 e. The van der Waals surface area contributed by atoms with Crippen LogP contribution in [0.5, 0.6) is 5.75 Å². The Morgan fingerprint density at radius 1 is 1.40 bits per heavy atom. The molecule has 0 aliphatic rings. The van der Waals surface area contributed by atoms with Crippen LogP contribution >= 0.6 is 11.6 Å². The van der Waals surface area contributed by atoms with E-state index < -0.39 is 5.97 Å². The third-order valence-electron chi connectivity index (χ3n) is 3.01. The van der Waals surface area contributed by atoms with Crippen molar-refractivity contribution in [2.45, 2.75) is 25.8 Å². The van der Waals surface area contributed by atoms with E-state index >= 15 is 0 Å². The van der Waals surface area contributed by atoms with E-state index in [1.54, 1.807) is 30.6 Å². The molecule has 0 bridgehead atoms. The summed E-state index contributed by atoms with van der Waals surface area (Å²) in [6.07, 6.45) is 4.59. The van der Waals surface area contributed by atoms with Crippen LogP contribution < -0.4 is 0 Å². The smallest absolute Gasteiger partial charge is 0.303 e. The van der Waals surface area contributed by atoms with Gasteiger partial charge in [0.05, 0.1) is 5.02 Å². The molecule has 6 heteroatoms. The van der Waals surface area contributed by atoms with Gasteiger partial charge in [0.25, 0.3) is 0 Å². The van der Waals surface area contributed by atoms with Crippen molar-refractivity contribution >= 4 is 17.6 Å². The number of phenolic OH excluding ortho intramolecular Hbond substituents is 1. The molecule has 2 N–H and O–H groups in total. The number of hydrogen-bond donors (Lipinski definition) is 2. The molecule has 0 amide bonds. The Labute approximate surface area is 121 Å². The minimum absolute atomic E-state index is 0.0641. The Kier molecular flexibility index (Phi) is 4.63. The normalized spacial score (nSPS) is 10.7. The molecular formula is C14H15ClN2O3. The molecule has 0 aliphatic carbocycles. The highest BCUT2D eigenvalue weighted by atomic mass is 35.5. The van der Waals surface area contributed by atoms with Gasteiger partial charge in [0.15, 0.2) is 0 Å². The number of carboxylic acid groups (broad SMARTS) is 1. The second-order valence-corrected chi connectivity index (χ2v) is 4.87. The van der Waals surface area contributed by atoms with Gasteiger partial charge in [0, 0.05) is 37.3 Å². The number of aliphatic carboxylic acids is 1. The van der Waals surface area contributed by atoms with Gasteiger partial charge in [0.2, 0.25) is 0 Å². The first-order chi connectivity index (χ1) is 9.58. The van der Waals surface area contributed by atoms with Crippen LogP contribution in [0.15, 0.2) is 30.6 Å². The van der Waals surface area contributed by atoms with Gasteiger partial charge in [-0.3, -0.25) is 4.79 Å². The van der Waals surface area contributed by atoms with Crippen LogP contribution in [0.1, 0.15) is 24.2 Å². The minimum atomic E-state index is -0.806. The van der Waals surface area contributed by atoms with E-state index in [4.69, 9.17) is 16.7 Å². The first-order valence-corrected chi connectivity index (χ1v) is 6.64. The van der Waals surface area contributed by atoms with Crippen molar-refractivity contribution < 1.29 is 15.0 Å². The zero-order valence-electron chi connectivity index (χ0n) is 10.8. The first-order valence-electron chi connectivity index (χ1n) is 6.26. The number of aromatic nitrogens is 2. The zero-order valence-corrected chi connectivity index (χ0v) is 11.5. The van der Waals surface area contributed by atoms with E-state index in [1.807, 2.05) is 4.57 Å². The standard InChI is InChI=1S/C14H15ClN2O3/c15-11-4-1-3-10(14(11)20)9-12-16-6-8-17(12)7-2-5-13(18)19/h1,3-4,6,8,20H,2,5,7,9H2,(H,18,19). The molecule has 2 aromatic rings. The molecule has 0 spiro atoms. The Bertz CT molecular complexity index is 610. The van der Waals surface area contributed by atoms with E-state index in [0.717, 1.165) is 5.82 Å².